The summed E-state index contributed by atoms with van der Waals surface area (Å²) in [5.74, 6) is -2.16. The number of esters is 1. The first-order valence-corrected chi connectivity index (χ1v) is 7.10. The van der Waals surface area contributed by atoms with E-state index in [2.05, 4.69) is 15.0 Å². The van der Waals surface area contributed by atoms with Crippen molar-refractivity contribution in [3.05, 3.63) is 11.8 Å². The van der Waals surface area contributed by atoms with Gasteiger partial charge in [-0.2, -0.15) is 5.11 Å². The summed E-state index contributed by atoms with van der Waals surface area (Å²) in [7, 11) is 1.21. The van der Waals surface area contributed by atoms with E-state index >= 15 is 0 Å². The molecule has 3 aliphatic rings. The average molecular weight is 311 g/mol. The van der Waals surface area contributed by atoms with Crippen LogP contribution in [-0.2, 0) is 19.1 Å². The number of amides is 1. The van der Waals surface area contributed by atoms with Crippen LogP contribution in [-0.4, -0.2) is 56.7 Å². The Hall–Kier alpha value is -1.90. The van der Waals surface area contributed by atoms with Gasteiger partial charge in [-0.1, -0.05) is 0 Å². The Kier molecular flexibility index (Phi) is 2.72. The summed E-state index contributed by atoms with van der Waals surface area (Å²) in [4.78, 5) is 36.6. The quantitative estimate of drug-likeness (QED) is 0.584. The van der Waals surface area contributed by atoms with E-state index in [4.69, 9.17) is 0 Å². The first-order valence-electron chi connectivity index (χ1n) is 6.22. The van der Waals surface area contributed by atoms with E-state index < -0.39 is 39.5 Å². The smallest absolute Gasteiger partial charge is 0.358 e. The van der Waals surface area contributed by atoms with Crippen molar-refractivity contribution in [3.8, 4) is 0 Å². The van der Waals surface area contributed by atoms with Crippen LogP contribution in [0.4, 0.5) is 0 Å². The Labute approximate surface area is 124 Å². The van der Waals surface area contributed by atoms with E-state index in [0.29, 0.717) is 0 Å². The zero-order valence-corrected chi connectivity index (χ0v) is 12.4. The second kappa shape index (κ2) is 4.06. The SMILES string of the molecule is COC(=O)C1=CC2(N=N1)C(=O)N1[C@@H](C(=O)O)C(C)(C)S[C@@H]12. The highest BCUT2D eigenvalue weighted by Gasteiger charge is 2.72. The van der Waals surface area contributed by atoms with Gasteiger partial charge in [0.15, 0.2) is 5.70 Å². The molecule has 0 bridgehead atoms. The predicted molar refractivity (Wildman–Crippen MR) is 71.4 cm³/mol. The number of carboxylic acid groups (broad SMARTS) is 1. The van der Waals surface area contributed by atoms with Crippen molar-refractivity contribution in [3.63, 3.8) is 0 Å². The minimum absolute atomic E-state index is 0.0253. The summed E-state index contributed by atoms with van der Waals surface area (Å²) >= 11 is 1.35. The normalized spacial score (nSPS) is 35.5. The number of fused-ring (bicyclic) bond motifs is 2. The number of hydrogen-bond acceptors (Lipinski definition) is 7. The fraction of sp³-hybridized carbons (Fsp3) is 0.583. The highest BCUT2D eigenvalue weighted by molar-refractivity contribution is 8.01. The molecule has 0 radical (unpaired) electrons. The number of carbonyl (C=O) groups is 3. The van der Waals surface area contributed by atoms with Gasteiger partial charge in [0.1, 0.15) is 11.4 Å². The zero-order chi connectivity index (χ0) is 15.6. The molecule has 3 heterocycles. The van der Waals surface area contributed by atoms with Crippen molar-refractivity contribution in [1.82, 2.24) is 4.90 Å². The number of thioether (sulfide) groups is 1. The van der Waals surface area contributed by atoms with Crippen molar-refractivity contribution in [2.24, 2.45) is 10.2 Å². The van der Waals surface area contributed by atoms with Gasteiger partial charge >= 0.3 is 11.9 Å². The van der Waals surface area contributed by atoms with Crippen LogP contribution in [0.5, 0.6) is 0 Å². The number of carbonyl (C=O) groups excluding carboxylic acids is 2. The molecule has 0 aromatic heterocycles. The van der Waals surface area contributed by atoms with Crippen LogP contribution in [0.3, 0.4) is 0 Å². The molecular weight excluding hydrogens is 298 g/mol. The van der Waals surface area contributed by atoms with Crippen molar-refractivity contribution in [2.75, 3.05) is 7.11 Å². The summed E-state index contributed by atoms with van der Waals surface area (Å²) in [5, 5.41) is 16.5. The third kappa shape index (κ3) is 1.60. The number of β-lactam (4-membered cyclic amide) rings is 1. The molecule has 0 aliphatic carbocycles. The van der Waals surface area contributed by atoms with Crippen molar-refractivity contribution < 1.29 is 24.2 Å². The molecule has 1 amide bonds. The molecule has 21 heavy (non-hydrogen) atoms. The van der Waals surface area contributed by atoms with Crippen molar-refractivity contribution in [2.45, 2.75) is 35.5 Å². The number of rotatable bonds is 2. The van der Waals surface area contributed by atoms with Gasteiger partial charge in [-0.15, -0.1) is 16.9 Å². The molecule has 8 nitrogen and oxygen atoms in total. The Morgan fingerprint density at radius 1 is 1.48 bits per heavy atom. The largest absolute Gasteiger partial charge is 0.480 e. The highest BCUT2D eigenvalue weighted by Crippen LogP contribution is 2.58. The van der Waals surface area contributed by atoms with E-state index in [1.807, 2.05) is 0 Å². The summed E-state index contributed by atoms with van der Waals surface area (Å²) < 4.78 is 3.91. The number of ether oxygens (including phenoxy) is 1. The Balaban J connectivity index is 1.97. The monoisotopic (exact) mass is 311 g/mol. The molecule has 3 aliphatic heterocycles. The Morgan fingerprint density at radius 3 is 2.71 bits per heavy atom. The van der Waals surface area contributed by atoms with E-state index in [9.17, 15) is 19.5 Å². The van der Waals surface area contributed by atoms with Crippen LogP contribution in [0.2, 0.25) is 0 Å². The average Bonchev–Trinajstić information content (AvgIpc) is 2.97. The number of aliphatic carboxylic acids is 1. The van der Waals surface area contributed by atoms with E-state index in [0.717, 1.165) is 0 Å². The second-order valence-corrected chi connectivity index (χ2v) is 7.31. The first kappa shape index (κ1) is 14.1. The lowest BCUT2D eigenvalue weighted by molar-refractivity contribution is -0.162. The van der Waals surface area contributed by atoms with Gasteiger partial charge in [0.05, 0.1) is 7.11 Å². The van der Waals surface area contributed by atoms with Crippen LogP contribution in [0.25, 0.3) is 0 Å². The van der Waals surface area contributed by atoms with E-state index in [1.54, 1.807) is 13.8 Å². The van der Waals surface area contributed by atoms with E-state index in [1.165, 1.54) is 29.8 Å². The molecule has 112 valence electrons. The molecule has 2 fully saturated rings. The van der Waals surface area contributed by atoms with Crippen LogP contribution in [0, 0.1) is 0 Å². The zero-order valence-electron chi connectivity index (χ0n) is 11.6. The third-order valence-electron chi connectivity index (χ3n) is 3.87. The second-order valence-electron chi connectivity index (χ2n) is 5.57. The molecule has 3 atom stereocenters. The fourth-order valence-electron chi connectivity index (χ4n) is 2.90. The summed E-state index contributed by atoms with van der Waals surface area (Å²) in [6, 6.07) is -0.920. The minimum atomic E-state index is -1.27. The molecular formula is C12H13N3O5S. The molecule has 9 heteroatoms. The van der Waals surface area contributed by atoms with Gasteiger partial charge in [-0.25, -0.2) is 9.59 Å². The summed E-state index contributed by atoms with van der Waals surface area (Å²) in [5.41, 5.74) is -1.29. The van der Waals surface area contributed by atoms with Gasteiger partial charge in [-0.05, 0) is 19.9 Å². The molecule has 3 rings (SSSR count). The van der Waals surface area contributed by atoms with Gasteiger partial charge < -0.3 is 14.7 Å². The lowest BCUT2D eigenvalue weighted by Gasteiger charge is -2.47. The third-order valence-corrected chi connectivity index (χ3v) is 5.51. The number of azo groups is 1. The number of hydrogen-bond donors (Lipinski definition) is 1. The lowest BCUT2D eigenvalue weighted by atomic mass is 9.85. The molecule has 0 saturated carbocycles. The maximum Gasteiger partial charge on any atom is 0.358 e. The van der Waals surface area contributed by atoms with Crippen LogP contribution >= 0.6 is 11.8 Å². The lowest BCUT2D eigenvalue weighted by Crippen LogP contribution is -2.71. The van der Waals surface area contributed by atoms with Crippen LogP contribution in [0.15, 0.2) is 22.0 Å². The maximum absolute atomic E-state index is 12.4. The summed E-state index contributed by atoms with van der Waals surface area (Å²) in [6.45, 7) is 3.54. The molecule has 0 aromatic carbocycles. The number of nitrogens with zero attached hydrogens (tertiary/aromatic N) is 3. The van der Waals surface area contributed by atoms with Gasteiger partial charge in [0.25, 0.3) is 5.91 Å². The fourth-order valence-corrected chi connectivity index (χ4v) is 4.55. The van der Waals surface area contributed by atoms with Crippen LogP contribution in [0.1, 0.15) is 13.8 Å². The topological polar surface area (TPSA) is 109 Å². The molecule has 1 spiro atoms. The van der Waals surface area contributed by atoms with Crippen LogP contribution < -0.4 is 0 Å². The Bertz CT molecular complexity index is 628. The standard InChI is InChI=1S/C12H13N3O5S/c1-11(2)6(7(16)17)15-9(19)12(10(15)21-11)4-5(13-14-12)8(18)20-3/h4,6,10H,1-3H3,(H,16,17)/t6-,10+,12?/m0/s1. The van der Waals surface area contributed by atoms with Gasteiger partial charge in [0, 0.05) is 4.75 Å². The number of carboxylic acids is 1. The summed E-state index contributed by atoms with van der Waals surface area (Å²) in [6.07, 6.45) is 1.37. The molecule has 1 unspecified atom stereocenters. The van der Waals surface area contributed by atoms with Gasteiger partial charge in [-0.3, -0.25) is 4.79 Å². The first-order chi connectivity index (χ1) is 9.74. The minimum Gasteiger partial charge on any atom is -0.480 e. The van der Waals surface area contributed by atoms with Crippen molar-refractivity contribution >= 4 is 29.6 Å². The molecule has 1 N–H and O–H groups in total. The molecule has 0 aromatic rings. The highest BCUT2D eigenvalue weighted by atomic mass is 32.2. The maximum atomic E-state index is 12.4. The molecule has 2 saturated heterocycles. The van der Waals surface area contributed by atoms with E-state index in [-0.39, 0.29) is 5.70 Å². The predicted octanol–water partition coefficient (Wildman–Crippen LogP) is 0.395. The Morgan fingerprint density at radius 2 is 2.14 bits per heavy atom. The number of methoxy groups -OCH3 is 1. The van der Waals surface area contributed by atoms with Gasteiger partial charge in [0.2, 0.25) is 5.54 Å². The van der Waals surface area contributed by atoms with Crippen molar-refractivity contribution in [1.29, 1.82) is 0 Å².